The molecule has 0 aliphatic heterocycles. The highest BCUT2D eigenvalue weighted by Gasteiger charge is 2.10. The van der Waals surface area contributed by atoms with Crippen LogP contribution in [0.25, 0.3) is 5.69 Å². The molecule has 2 rings (SSSR count). The smallest absolute Gasteiger partial charge is 0.254 e. The molecule has 0 bridgehead atoms. The fourth-order valence-electron chi connectivity index (χ4n) is 1.71. The molecule has 1 atom stereocenters. The van der Waals surface area contributed by atoms with Gasteiger partial charge in [0, 0.05) is 12.7 Å². The normalized spacial score (nSPS) is 12.2. The summed E-state index contributed by atoms with van der Waals surface area (Å²) in [6.45, 7) is 2.11. The van der Waals surface area contributed by atoms with E-state index in [1.165, 1.54) is 6.20 Å². The van der Waals surface area contributed by atoms with E-state index in [0.29, 0.717) is 23.6 Å². The molecule has 0 radical (unpaired) electrons. The van der Waals surface area contributed by atoms with Crippen LogP contribution in [0.15, 0.2) is 36.7 Å². The Morgan fingerprint density at radius 3 is 2.95 bits per heavy atom. The van der Waals surface area contributed by atoms with E-state index in [1.807, 2.05) is 18.2 Å². The van der Waals surface area contributed by atoms with Gasteiger partial charge in [-0.15, -0.1) is 0 Å². The number of rotatable bonds is 5. The van der Waals surface area contributed by atoms with Crippen LogP contribution in [0.2, 0.25) is 5.02 Å². The van der Waals surface area contributed by atoms with Crippen LogP contribution in [-0.4, -0.2) is 33.4 Å². The lowest BCUT2D eigenvalue weighted by atomic mass is 10.2. The van der Waals surface area contributed by atoms with Crippen molar-refractivity contribution in [2.45, 2.75) is 19.4 Å². The number of aliphatic hydroxyl groups excluding tert-OH is 1. The van der Waals surface area contributed by atoms with Crippen LogP contribution in [-0.2, 0) is 0 Å². The van der Waals surface area contributed by atoms with Crippen molar-refractivity contribution < 1.29 is 9.90 Å². The number of halogens is 1. The number of carbonyl (C=O) groups excluding carboxylic acids is 1. The molecule has 0 saturated heterocycles. The standard InChI is InChI=1S/C14H16ClN3O2/c1-10(19)6-7-16-14(20)11-8-17-18(9-11)13-5-3-2-4-12(13)15/h2-5,8-10,19H,6-7H2,1H3,(H,16,20). The van der Waals surface area contributed by atoms with Crippen LogP contribution < -0.4 is 5.32 Å². The van der Waals surface area contributed by atoms with Gasteiger partial charge < -0.3 is 10.4 Å². The number of nitrogens with zero attached hydrogens (tertiary/aromatic N) is 2. The molecule has 2 aromatic rings. The van der Waals surface area contributed by atoms with Crippen molar-refractivity contribution in [2.24, 2.45) is 0 Å². The number of hydrogen-bond donors (Lipinski definition) is 2. The molecular formula is C14H16ClN3O2. The van der Waals surface area contributed by atoms with E-state index < -0.39 is 6.10 Å². The predicted molar refractivity (Wildman–Crippen MR) is 77.2 cm³/mol. The van der Waals surface area contributed by atoms with Gasteiger partial charge in [-0.3, -0.25) is 4.79 Å². The Morgan fingerprint density at radius 2 is 2.25 bits per heavy atom. The van der Waals surface area contributed by atoms with E-state index in [4.69, 9.17) is 16.7 Å². The largest absolute Gasteiger partial charge is 0.393 e. The molecule has 0 saturated carbocycles. The third-order valence-corrected chi connectivity index (χ3v) is 3.11. The second kappa shape index (κ2) is 6.54. The summed E-state index contributed by atoms with van der Waals surface area (Å²) in [6.07, 6.45) is 3.20. The maximum atomic E-state index is 11.9. The molecular weight excluding hydrogens is 278 g/mol. The molecule has 1 aromatic heterocycles. The summed E-state index contributed by atoms with van der Waals surface area (Å²) in [5.74, 6) is -0.219. The van der Waals surface area contributed by atoms with Gasteiger partial charge in [-0.25, -0.2) is 4.68 Å². The van der Waals surface area contributed by atoms with Gasteiger partial charge >= 0.3 is 0 Å². The maximum absolute atomic E-state index is 11.9. The van der Waals surface area contributed by atoms with Crippen LogP contribution in [0.4, 0.5) is 0 Å². The van der Waals surface area contributed by atoms with E-state index in [2.05, 4.69) is 10.4 Å². The zero-order valence-electron chi connectivity index (χ0n) is 11.1. The first kappa shape index (κ1) is 14.6. The molecule has 1 unspecified atom stereocenters. The Bertz CT molecular complexity index is 596. The van der Waals surface area contributed by atoms with Gasteiger partial charge in [0.2, 0.25) is 0 Å². The maximum Gasteiger partial charge on any atom is 0.254 e. The quantitative estimate of drug-likeness (QED) is 0.886. The number of aliphatic hydroxyl groups is 1. The van der Waals surface area contributed by atoms with Crippen molar-refractivity contribution in [2.75, 3.05) is 6.54 Å². The van der Waals surface area contributed by atoms with Gasteiger partial charge in [-0.1, -0.05) is 23.7 Å². The molecule has 6 heteroatoms. The first-order chi connectivity index (χ1) is 9.58. The van der Waals surface area contributed by atoms with Crippen LogP contribution in [0.1, 0.15) is 23.7 Å². The minimum absolute atomic E-state index is 0.219. The molecule has 2 N–H and O–H groups in total. The van der Waals surface area contributed by atoms with Crippen LogP contribution >= 0.6 is 11.6 Å². The molecule has 1 heterocycles. The van der Waals surface area contributed by atoms with Crippen LogP contribution in [0, 0.1) is 0 Å². The Labute approximate surface area is 122 Å². The van der Waals surface area contributed by atoms with Gasteiger partial charge in [0.15, 0.2) is 0 Å². The lowest BCUT2D eigenvalue weighted by Crippen LogP contribution is -2.26. The number of aromatic nitrogens is 2. The van der Waals surface area contributed by atoms with E-state index in [-0.39, 0.29) is 5.91 Å². The van der Waals surface area contributed by atoms with E-state index in [9.17, 15) is 4.79 Å². The molecule has 20 heavy (non-hydrogen) atoms. The number of nitrogens with one attached hydrogen (secondary N) is 1. The third-order valence-electron chi connectivity index (χ3n) is 2.79. The Kier molecular flexibility index (Phi) is 4.76. The Morgan fingerprint density at radius 1 is 1.50 bits per heavy atom. The fourth-order valence-corrected chi connectivity index (χ4v) is 1.93. The number of amides is 1. The number of para-hydroxylation sites is 1. The van der Waals surface area contributed by atoms with Crippen molar-refractivity contribution in [3.05, 3.63) is 47.2 Å². The topological polar surface area (TPSA) is 67.2 Å². The highest BCUT2D eigenvalue weighted by atomic mass is 35.5. The van der Waals surface area contributed by atoms with Gasteiger partial charge in [0.1, 0.15) is 0 Å². The van der Waals surface area contributed by atoms with Crippen molar-refractivity contribution >= 4 is 17.5 Å². The van der Waals surface area contributed by atoms with Gasteiger partial charge in [0.25, 0.3) is 5.91 Å². The van der Waals surface area contributed by atoms with Gasteiger partial charge in [-0.05, 0) is 25.5 Å². The van der Waals surface area contributed by atoms with Crippen molar-refractivity contribution in [3.63, 3.8) is 0 Å². The molecule has 1 aromatic carbocycles. The Balaban J connectivity index is 2.06. The first-order valence-corrected chi connectivity index (χ1v) is 6.71. The summed E-state index contributed by atoms with van der Waals surface area (Å²) >= 11 is 6.08. The SMILES string of the molecule is CC(O)CCNC(=O)c1cnn(-c2ccccc2Cl)c1. The third kappa shape index (κ3) is 3.59. The number of benzene rings is 1. The molecule has 5 nitrogen and oxygen atoms in total. The summed E-state index contributed by atoms with van der Waals surface area (Å²) in [7, 11) is 0. The van der Waals surface area contributed by atoms with Crippen molar-refractivity contribution in [1.29, 1.82) is 0 Å². The highest BCUT2D eigenvalue weighted by Crippen LogP contribution is 2.19. The molecule has 1 amide bonds. The zero-order chi connectivity index (χ0) is 14.5. The molecule has 106 valence electrons. The lowest BCUT2D eigenvalue weighted by Gasteiger charge is -2.05. The molecule has 0 aliphatic carbocycles. The van der Waals surface area contributed by atoms with E-state index >= 15 is 0 Å². The minimum atomic E-state index is -0.429. The van der Waals surface area contributed by atoms with Crippen LogP contribution in [0.3, 0.4) is 0 Å². The monoisotopic (exact) mass is 293 g/mol. The number of carbonyl (C=O) groups is 1. The summed E-state index contributed by atoms with van der Waals surface area (Å²) in [5.41, 5.74) is 1.17. The zero-order valence-corrected chi connectivity index (χ0v) is 11.8. The van der Waals surface area contributed by atoms with E-state index in [0.717, 1.165) is 5.69 Å². The minimum Gasteiger partial charge on any atom is -0.393 e. The van der Waals surface area contributed by atoms with E-state index in [1.54, 1.807) is 23.9 Å². The highest BCUT2D eigenvalue weighted by molar-refractivity contribution is 6.32. The van der Waals surface area contributed by atoms with Gasteiger partial charge in [-0.2, -0.15) is 5.10 Å². The summed E-state index contributed by atoms with van der Waals surface area (Å²) in [4.78, 5) is 11.9. The summed E-state index contributed by atoms with van der Waals surface area (Å²) in [5, 5.41) is 16.6. The Hall–Kier alpha value is -1.85. The average Bonchev–Trinajstić information content (AvgIpc) is 2.88. The summed E-state index contributed by atoms with van der Waals surface area (Å²) < 4.78 is 1.56. The van der Waals surface area contributed by atoms with Gasteiger partial charge in [0.05, 0.1) is 28.6 Å². The molecule has 0 spiro atoms. The fraction of sp³-hybridized carbons (Fsp3) is 0.286. The average molecular weight is 294 g/mol. The molecule has 0 aliphatic rings. The van der Waals surface area contributed by atoms with Crippen molar-refractivity contribution in [1.82, 2.24) is 15.1 Å². The first-order valence-electron chi connectivity index (χ1n) is 6.34. The number of hydrogen-bond acceptors (Lipinski definition) is 3. The van der Waals surface area contributed by atoms with Crippen LogP contribution in [0.5, 0.6) is 0 Å². The lowest BCUT2D eigenvalue weighted by molar-refractivity contribution is 0.0945. The molecule has 0 fully saturated rings. The van der Waals surface area contributed by atoms with Crippen molar-refractivity contribution in [3.8, 4) is 5.69 Å². The summed E-state index contributed by atoms with van der Waals surface area (Å²) in [6, 6.07) is 7.27. The second-order valence-corrected chi connectivity index (χ2v) is 4.93. The predicted octanol–water partition coefficient (Wildman–Crippen LogP) is 2.03. The second-order valence-electron chi connectivity index (χ2n) is 4.52.